The molecule has 0 bridgehead atoms. The highest BCUT2D eigenvalue weighted by atomic mass is 16.5. The summed E-state index contributed by atoms with van der Waals surface area (Å²) in [5.41, 5.74) is 15.2. The van der Waals surface area contributed by atoms with Crippen molar-refractivity contribution in [2.24, 2.45) is 28.4 Å². The van der Waals surface area contributed by atoms with Crippen molar-refractivity contribution < 1.29 is 39.1 Å². The van der Waals surface area contributed by atoms with Crippen molar-refractivity contribution in [3.63, 3.8) is 0 Å². The van der Waals surface area contributed by atoms with Gasteiger partial charge in [0.05, 0.1) is 33.7 Å². The molecule has 9 rings (SSSR count). The topological polar surface area (TPSA) is 210 Å². The van der Waals surface area contributed by atoms with Gasteiger partial charge >= 0.3 is 0 Å². The molecule has 3 fully saturated rings. The van der Waals surface area contributed by atoms with E-state index >= 15 is 0 Å². The molecule has 360 valence electrons. The first-order valence-electron chi connectivity index (χ1n) is 23.6. The summed E-state index contributed by atoms with van der Waals surface area (Å²) in [5.74, 6) is -1.27. The number of primary amides is 1. The molecule has 4 amide bonds. The van der Waals surface area contributed by atoms with Crippen LogP contribution in [0.25, 0.3) is 21.8 Å². The fourth-order valence-electron chi connectivity index (χ4n) is 9.85. The summed E-state index contributed by atoms with van der Waals surface area (Å²) < 4.78 is 12.1. The molecule has 2 aromatic heterocycles. The molecule has 15 nitrogen and oxygen atoms in total. The minimum atomic E-state index is -0.943. The van der Waals surface area contributed by atoms with Crippen LogP contribution in [0.2, 0.25) is 0 Å². The van der Waals surface area contributed by atoms with E-state index < -0.39 is 40.4 Å². The maximum atomic E-state index is 13.6. The number of likely N-dealkylation sites (tertiary alicyclic amines) is 1. The molecule has 0 radical (unpaired) electrons. The van der Waals surface area contributed by atoms with Crippen LogP contribution in [0.3, 0.4) is 0 Å². The van der Waals surface area contributed by atoms with Crippen LogP contribution in [0, 0.1) is 22.7 Å². The average Bonchev–Trinajstić information content (AvgIpc) is 4.24. The molecule has 1 saturated heterocycles. The molecule has 4 aromatic carbocycles. The summed E-state index contributed by atoms with van der Waals surface area (Å²) in [6, 6.07) is 35.8. The van der Waals surface area contributed by atoms with Gasteiger partial charge in [0, 0.05) is 52.4 Å². The van der Waals surface area contributed by atoms with E-state index in [1.54, 1.807) is 11.0 Å². The number of nitrogens with two attached hydrogens (primary N) is 1. The van der Waals surface area contributed by atoms with Gasteiger partial charge in [0.25, 0.3) is 0 Å². The Morgan fingerprint density at radius 2 is 1.14 bits per heavy atom. The number of fused-ring (bicyclic) bond motifs is 2. The fraction of sp³-hybridized carbons (Fsp3) is 0.370. The number of aryl methyl sites for hydroxylation is 2. The van der Waals surface area contributed by atoms with Crippen molar-refractivity contribution in [3.8, 4) is 11.5 Å². The first-order chi connectivity index (χ1) is 33.3. The third kappa shape index (κ3) is 10.6. The van der Waals surface area contributed by atoms with Crippen molar-refractivity contribution in [1.29, 1.82) is 0 Å². The predicted molar refractivity (Wildman–Crippen MR) is 260 cm³/mol. The molecule has 3 heterocycles. The van der Waals surface area contributed by atoms with Gasteiger partial charge in [-0.3, -0.25) is 39.6 Å². The number of ether oxygens (including phenoxy) is 2. The number of amides is 4. The number of hydrogen-bond donors (Lipinski definition) is 5. The maximum absolute atomic E-state index is 13.6. The maximum Gasteiger partial charge on any atom is 0.247 e. The van der Waals surface area contributed by atoms with E-state index in [4.69, 9.17) is 25.4 Å². The second-order valence-corrected chi connectivity index (χ2v) is 18.8. The fourth-order valence-corrected chi connectivity index (χ4v) is 9.85. The third-order valence-electron chi connectivity index (χ3n) is 14.2. The van der Waals surface area contributed by atoms with E-state index in [1.807, 2.05) is 110 Å². The van der Waals surface area contributed by atoms with Crippen molar-refractivity contribution in [2.75, 3.05) is 27.2 Å². The molecule has 1 aliphatic heterocycles. The minimum Gasteiger partial charge on any atom is -0.489 e. The van der Waals surface area contributed by atoms with Crippen LogP contribution in [-0.4, -0.2) is 87.0 Å². The summed E-state index contributed by atoms with van der Waals surface area (Å²) in [4.78, 5) is 63.0. The number of likely N-dealkylation sites (N-methyl/N-ethyl adjacent to an activating group) is 1. The van der Waals surface area contributed by atoms with Crippen LogP contribution < -0.4 is 26.2 Å². The first-order valence-corrected chi connectivity index (χ1v) is 23.6. The molecule has 3 aliphatic rings. The summed E-state index contributed by atoms with van der Waals surface area (Å²) in [7, 11) is 4.05. The van der Waals surface area contributed by atoms with Crippen LogP contribution in [-0.2, 0) is 58.1 Å². The zero-order chi connectivity index (χ0) is 48.9. The predicted octanol–water partition coefficient (Wildman–Crippen LogP) is 6.51. The van der Waals surface area contributed by atoms with E-state index in [2.05, 4.69) is 41.9 Å². The highest BCUT2D eigenvalue weighted by molar-refractivity contribution is 5.96. The van der Waals surface area contributed by atoms with Crippen molar-refractivity contribution in [3.05, 3.63) is 143 Å². The van der Waals surface area contributed by atoms with Crippen molar-refractivity contribution in [2.45, 2.75) is 78.0 Å². The van der Waals surface area contributed by atoms with Crippen LogP contribution >= 0.6 is 0 Å². The number of para-hydroxylation sites is 2. The number of benzene rings is 4. The van der Waals surface area contributed by atoms with Crippen LogP contribution in [0.1, 0.15) is 66.8 Å². The smallest absolute Gasteiger partial charge is 0.247 e. The van der Waals surface area contributed by atoms with E-state index in [0.29, 0.717) is 63.8 Å². The molecule has 2 saturated carbocycles. The Kier molecular flexibility index (Phi) is 14.6. The quantitative estimate of drug-likeness (QED) is 0.0492. The van der Waals surface area contributed by atoms with Gasteiger partial charge in [-0.2, -0.15) is 0 Å². The lowest BCUT2D eigenvalue weighted by atomic mass is 9.92. The molecule has 0 unspecified atom stereocenters. The van der Waals surface area contributed by atoms with Gasteiger partial charge in [-0.1, -0.05) is 74.5 Å². The molecule has 0 spiro atoms. The second-order valence-electron chi connectivity index (χ2n) is 18.8. The van der Waals surface area contributed by atoms with Crippen LogP contribution in [0.5, 0.6) is 11.5 Å². The molecular weight excluding hydrogens is 875 g/mol. The van der Waals surface area contributed by atoms with E-state index in [-0.39, 0.29) is 5.91 Å². The molecule has 5 atom stereocenters. The van der Waals surface area contributed by atoms with Crippen molar-refractivity contribution >= 4 is 45.4 Å². The number of aromatic nitrogens is 2. The summed E-state index contributed by atoms with van der Waals surface area (Å²) in [6.07, 6.45) is 4.19. The highest BCUT2D eigenvalue weighted by Gasteiger charge is 2.65. The number of carbonyl (C=O) groups excluding carboxylic acids is 4. The molecule has 6 N–H and O–H groups in total. The summed E-state index contributed by atoms with van der Waals surface area (Å²) in [5, 5.41) is 20.2. The number of pyridine rings is 2. The van der Waals surface area contributed by atoms with Gasteiger partial charge in [0.1, 0.15) is 24.7 Å². The number of hydroxylamine groups is 2. The molecule has 6 aromatic rings. The Bertz CT molecular complexity index is 2840. The monoisotopic (exact) mass is 935 g/mol. The molecule has 69 heavy (non-hydrogen) atoms. The van der Waals surface area contributed by atoms with Gasteiger partial charge in [-0.15, -0.1) is 0 Å². The number of hydrogen-bond acceptors (Lipinski definition) is 11. The zero-order valence-electron chi connectivity index (χ0n) is 39.6. The van der Waals surface area contributed by atoms with Crippen LogP contribution in [0.4, 0.5) is 0 Å². The van der Waals surface area contributed by atoms with Crippen molar-refractivity contribution in [1.82, 2.24) is 30.7 Å². The number of nitrogens with zero attached hydrogens (tertiary/aromatic N) is 4. The first kappa shape index (κ1) is 48.5. The van der Waals surface area contributed by atoms with Gasteiger partial charge in [-0.05, 0) is 119 Å². The Labute approximate surface area is 401 Å². The second kappa shape index (κ2) is 20.7. The number of carbonyl (C=O) groups is 4. The van der Waals surface area contributed by atoms with E-state index in [1.165, 1.54) is 0 Å². The number of nitrogens with one attached hydrogen (secondary N) is 2. The highest BCUT2D eigenvalue weighted by Crippen LogP contribution is 2.57. The van der Waals surface area contributed by atoms with Gasteiger partial charge in [0.2, 0.25) is 23.6 Å². The largest absolute Gasteiger partial charge is 0.489 e. The Hall–Kier alpha value is -6.94. The van der Waals surface area contributed by atoms with Crippen LogP contribution in [0.15, 0.2) is 109 Å². The normalized spacial score (nSPS) is 21.3. The van der Waals surface area contributed by atoms with Gasteiger partial charge in [0.15, 0.2) is 0 Å². The lowest BCUT2D eigenvalue weighted by Gasteiger charge is -2.25. The van der Waals surface area contributed by atoms with Gasteiger partial charge in [-0.25, -0.2) is 11.0 Å². The average molecular weight is 936 g/mol. The SMILES string of the molecule is CCc1cc(COc2ccc(C[C@]3(C(=O)N4CC[C@H](N(C)C)C4)C[C@@H]3C(=O)NO)cc2)c2ccccc2n1.CCc1cc(COc2ccc(C[C@]3(C(N)=O)C[C@@H]3C(=O)NO)cc2)c2ccccc2n1. The van der Waals surface area contributed by atoms with E-state index in [0.717, 1.165) is 80.5 Å². The molecule has 2 aliphatic carbocycles. The Morgan fingerprint density at radius 1 is 0.696 bits per heavy atom. The lowest BCUT2D eigenvalue weighted by molar-refractivity contribution is -0.140. The summed E-state index contributed by atoms with van der Waals surface area (Å²) >= 11 is 0. The lowest BCUT2D eigenvalue weighted by Crippen LogP contribution is -2.41. The standard InChI is InChI=1S/C30H36N4O4.C24H25N3O4/c1-4-22-15-21(25-7-5-6-8-27(25)31-22)19-38-24-11-9-20(10-12-24)16-30(17-26(30)28(35)32-37)29(36)34-14-13-23(18-34)33(2)3;1-2-17-11-16(19-5-3-4-6-21(19)26-17)14-31-18-9-7-15(8-10-18)12-24(23(25)29)13-20(24)22(28)27-30/h5-12,15,23,26,37H,4,13-14,16-19H2,1-3H3,(H,32,35);3-11,20,30H,2,12-14H2,1H3,(H2,25,29)(H,27,28)/t23-,26+,30-;20-,24+/m01/s1. The molecule has 15 heteroatoms. The Morgan fingerprint density at radius 3 is 1.58 bits per heavy atom. The number of rotatable bonds is 17. The summed E-state index contributed by atoms with van der Waals surface area (Å²) in [6.45, 7) is 6.37. The minimum absolute atomic E-state index is 0.00655. The van der Waals surface area contributed by atoms with Gasteiger partial charge < -0.3 is 25.0 Å². The van der Waals surface area contributed by atoms with E-state index in [9.17, 15) is 24.4 Å². The third-order valence-corrected chi connectivity index (χ3v) is 14.2. The zero-order valence-corrected chi connectivity index (χ0v) is 39.6. The Balaban J connectivity index is 0.000000190. The molecular formula is C54H61N7O8.